The number of aromatic nitrogens is 4. The molecule has 0 spiro atoms. The first-order valence-corrected chi connectivity index (χ1v) is 20.9. The maximum absolute atomic E-state index is 6.66. The molecule has 13 rings (SSSR count). The van der Waals surface area contributed by atoms with Crippen molar-refractivity contribution in [2.24, 2.45) is 0 Å². The van der Waals surface area contributed by atoms with Crippen molar-refractivity contribution >= 4 is 65.3 Å². The lowest BCUT2D eigenvalue weighted by Gasteiger charge is -2.14. The van der Waals surface area contributed by atoms with Gasteiger partial charge in [-0.1, -0.05) is 158 Å². The molecule has 0 N–H and O–H groups in total. The van der Waals surface area contributed by atoms with E-state index in [1.807, 2.05) is 36.4 Å². The third-order valence-corrected chi connectivity index (χ3v) is 12.4. The van der Waals surface area contributed by atoms with E-state index in [2.05, 4.69) is 174 Å². The van der Waals surface area contributed by atoms with Crippen molar-refractivity contribution in [2.45, 2.75) is 0 Å². The van der Waals surface area contributed by atoms with Crippen LogP contribution in [0.2, 0.25) is 0 Å². The van der Waals surface area contributed by atoms with Crippen LogP contribution in [0.5, 0.6) is 0 Å². The fourth-order valence-electron chi connectivity index (χ4n) is 9.65. The van der Waals surface area contributed by atoms with Gasteiger partial charge in [0.15, 0.2) is 17.5 Å². The molecule has 62 heavy (non-hydrogen) atoms. The number of para-hydroxylation sites is 1. The van der Waals surface area contributed by atoms with Gasteiger partial charge in [0, 0.05) is 49.3 Å². The van der Waals surface area contributed by atoms with Gasteiger partial charge in [0.05, 0.1) is 11.0 Å². The molecule has 0 unspecified atom stereocenters. The summed E-state index contributed by atoms with van der Waals surface area (Å²) in [7, 11) is 0. The Morgan fingerprint density at radius 3 is 1.60 bits per heavy atom. The molecule has 0 aliphatic carbocycles. The van der Waals surface area contributed by atoms with Crippen LogP contribution in [0.25, 0.3) is 127 Å². The van der Waals surface area contributed by atoms with E-state index >= 15 is 0 Å². The Morgan fingerprint density at radius 2 is 0.839 bits per heavy atom. The first-order valence-electron chi connectivity index (χ1n) is 20.9. The van der Waals surface area contributed by atoms with Gasteiger partial charge in [0.2, 0.25) is 0 Å². The summed E-state index contributed by atoms with van der Waals surface area (Å²) in [5.74, 6) is 1.84. The van der Waals surface area contributed by atoms with Crippen LogP contribution in [0, 0.1) is 0 Å². The summed E-state index contributed by atoms with van der Waals surface area (Å²) in [6.45, 7) is 0. The molecule has 3 aromatic heterocycles. The SMILES string of the molecule is c1ccc(-c2ccc(-c3nc(-c4ccccc4)nc(-c4ccc5oc6cccc(-c7ccc8c9c7c7ccccc7c7cccc(c79)n8-c7ccccc7)c6c5c4)n3)cc2)cc1. The Kier molecular flexibility index (Phi) is 7.54. The monoisotopic (exact) mass is 790 g/mol. The van der Waals surface area contributed by atoms with Crippen molar-refractivity contribution in [3.63, 3.8) is 0 Å². The lowest BCUT2D eigenvalue weighted by Crippen LogP contribution is -2.00. The van der Waals surface area contributed by atoms with Gasteiger partial charge >= 0.3 is 0 Å². The van der Waals surface area contributed by atoms with Gasteiger partial charge < -0.3 is 8.98 Å². The van der Waals surface area contributed by atoms with Crippen molar-refractivity contribution in [3.8, 4) is 62.1 Å². The molecule has 0 amide bonds. The van der Waals surface area contributed by atoms with Crippen molar-refractivity contribution in [3.05, 3.63) is 206 Å². The average molecular weight is 791 g/mol. The second kappa shape index (κ2) is 13.6. The molecule has 0 saturated heterocycles. The minimum absolute atomic E-state index is 0.599. The van der Waals surface area contributed by atoms with Crippen molar-refractivity contribution in [1.82, 2.24) is 19.5 Å². The Morgan fingerprint density at radius 1 is 0.306 bits per heavy atom. The van der Waals surface area contributed by atoms with Gasteiger partial charge in [-0.05, 0) is 86.9 Å². The van der Waals surface area contributed by atoms with Gasteiger partial charge in [-0.2, -0.15) is 0 Å². The Labute approximate surface area is 356 Å². The van der Waals surface area contributed by atoms with E-state index < -0.39 is 0 Å². The predicted molar refractivity (Wildman–Crippen MR) is 255 cm³/mol. The Bertz CT molecular complexity index is 3830. The van der Waals surface area contributed by atoms with Crippen molar-refractivity contribution in [1.29, 1.82) is 0 Å². The highest BCUT2D eigenvalue weighted by atomic mass is 16.3. The number of nitrogens with zero attached hydrogens (tertiary/aromatic N) is 4. The predicted octanol–water partition coefficient (Wildman–Crippen LogP) is 14.9. The Hall–Kier alpha value is -8.41. The highest BCUT2D eigenvalue weighted by Crippen LogP contribution is 2.49. The molecular weight excluding hydrogens is 757 g/mol. The van der Waals surface area contributed by atoms with E-state index in [1.54, 1.807) is 0 Å². The summed E-state index contributed by atoms with van der Waals surface area (Å²) in [6.07, 6.45) is 0. The number of hydrogen-bond donors (Lipinski definition) is 0. The second-order valence-electron chi connectivity index (χ2n) is 15.9. The highest BCUT2D eigenvalue weighted by Gasteiger charge is 2.24. The Balaban J connectivity index is 1.03. The van der Waals surface area contributed by atoms with Crippen molar-refractivity contribution in [2.75, 3.05) is 0 Å². The summed E-state index contributed by atoms with van der Waals surface area (Å²) < 4.78 is 9.07. The smallest absolute Gasteiger partial charge is 0.164 e. The lowest BCUT2D eigenvalue weighted by molar-refractivity contribution is 0.669. The number of furan rings is 1. The topological polar surface area (TPSA) is 56.7 Å². The lowest BCUT2D eigenvalue weighted by atomic mass is 9.88. The van der Waals surface area contributed by atoms with Crippen LogP contribution >= 0.6 is 0 Å². The molecule has 3 heterocycles. The average Bonchev–Trinajstić information content (AvgIpc) is 3.90. The molecule has 0 saturated carbocycles. The standard InChI is InChI=1S/C57H34N4O/c1-4-14-35(15-5-1)36-26-28-38(29-27-36)56-58-55(37-16-6-2-7-17-37)59-57(60-56)39-30-33-49-46(34-39)51-44(23-13-25-50(51)62-49)45-31-32-48-54-52(45)42-21-11-10-20-41(42)43-22-12-24-47(53(43)54)61(48)40-18-8-3-9-19-40/h1-34H. The summed E-state index contributed by atoms with van der Waals surface area (Å²) in [5.41, 5.74) is 12.5. The minimum atomic E-state index is 0.599. The van der Waals surface area contributed by atoms with Crippen LogP contribution < -0.4 is 0 Å². The van der Waals surface area contributed by atoms with Crippen LogP contribution in [0.3, 0.4) is 0 Å². The summed E-state index contributed by atoms with van der Waals surface area (Å²) in [4.78, 5) is 15.3. The minimum Gasteiger partial charge on any atom is -0.456 e. The molecule has 10 aromatic carbocycles. The van der Waals surface area contributed by atoms with Gasteiger partial charge in [-0.25, -0.2) is 15.0 Å². The molecule has 0 atom stereocenters. The van der Waals surface area contributed by atoms with Crippen LogP contribution in [0.4, 0.5) is 0 Å². The quantitative estimate of drug-likeness (QED) is 0.157. The molecule has 288 valence electrons. The van der Waals surface area contributed by atoms with Gasteiger partial charge in [-0.15, -0.1) is 0 Å². The van der Waals surface area contributed by atoms with E-state index in [0.29, 0.717) is 17.5 Å². The number of rotatable bonds is 6. The number of hydrogen-bond acceptors (Lipinski definition) is 4. The largest absolute Gasteiger partial charge is 0.456 e. The maximum Gasteiger partial charge on any atom is 0.164 e. The second-order valence-corrected chi connectivity index (χ2v) is 15.9. The zero-order valence-corrected chi connectivity index (χ0v) is 33.3. The summed E-state index contributed by atoms with van der Waals surface area (Å²) in [6, 6.07) is 72.6. The fraction of sp³-hybridized carbons (Fsp3) is 0. The molecule has 5 nitrogen and oxygen atoms in total. The molecule has 0 aliphatic heterocycles. The van der Waals surface area contributed by atoms with Crippen LogP contribution in [-0.4, -0.2) is 19.5 Å². The zero-order chi connectivity index (χ0) is 40.7. The van der Waals surface area contributed by atoms with Crippen LogP contribution in [0.1, 0.15) is 0 Å². The third-order valence-electron chi connectivity index (χ3n) is 12.4. The van der Waals surface area contributed by atoms with E-state index in [-0.39, 0.29) is 0 Å². The van der Waals surface area contributed by atoms with E-state index in [0.717, 1.165) is 66.6 Å². The third kappa shape index (κ3) is 5.25. The number of fused-ring (bicyclic) bond motifs is 6. The fourth-order valence-corrected chi connectivity index (χ4v) is 9.65. The molecule has 0 bridgehead atoms. The van der Waals surface area contributed by atoms with Crippen LogP contribution in [0.15, 0.2) is 211 Å². The van der Waals surface area contributed by atoms with Gasteiger partial charge in [0.25, 0.3) is 0 Å². The molecule has 0 aliphatic rings. The van der Waals surface area contributed by atoms with E-state index in [9.17, 15) is 0 Å². The van der Waals surface area contributed by atoms with Gasteiger partial charge in [-0.3, -0.25) is 0 Å². The molecule has 5 heteroatoms. The highest BCUT2D eigenvalue weighted by molar-refractivity contribution is 6.37. The van der Waals surface area contributed by atoms with Crippen molar-refractivity contribution < 1.29 is 4.42 Å². The molecule has 13 aromatic rings. The van der Waals surface area contributed by atoms with E-state index in [4.69, 9.17) is 19.4 Å². The molecule has 0 radical (unpaired) electrons. The molecule has 0 fully saturated rings. The first-order chi connectivity index (χ1) is 30.7. The van der Waals surface area contributed by atoms with Gasteiger partial charge in [0.1, 0.15) is 11.2 Å². The van der Waals surface area contributed by atoms with Crippen LogP contribution in [-0.2, 0) is 0 Å². The first kappa shape index (κ1) is 34.5. The zero-order valence-electron chi connectivity index (χ0n) is 33.3. The number of benzene rings is 10. The maximum atomic E-state index is 6.66. The molecular formula is C57H34N4O. The van der Waals surface area contributed by atoms with E-state index in [1.165, 1.54) is 43.4 Å². The summed E-state index contributed by atoms with van der Waals surface area (Å²) >= 11 is 0. The summed E-state index contributed by atoms with van der Waals surface area (Å²) in [5, 5.41) is 9.59. The normalized spacial score (nSPS) is 11.9.